The molecule has 2 heterocycles. The van der Waals surface area contributed by atoms with Gasteiger partial charge >= 0.3 is 5.69 Å². The zero-order chi connectivity index (χ0) is 13.1. The fourth-order valence-corrected chi connectivity index (χ4v) is 2.35. The van der Waals surface area contributed by atoms with Crippen molar-refractivity contribution in [1.29, 1.82) is 5.26 Å². The molecule has 0 aliphatic carbocycles. The Hall–Kier alpha value is -2.14. The highest BCUT2D eigenvalue weighted by atomic mass is 32.2. The lowest BCUT2D eigenvalue weighted by molar-refractivity contribution is 0.533. The Kier molecular flexibility index (Phi) is 3.43. The molecule has 2 aromatic heterocycles. The third-order valence-electron chi connectivity index (χ3n) is 2.18. The minimum atomic E-state index is -0.283. The van der Waals surface area contributed by atoms with E-state index in [1.165, 1.54) is 10.8 Å². The van der Waals surface area contributed by atoms with Crippen LogP contribution in [-0.4, -0.2) is 25.0 Å². The standard InChI is InChI=1S/C10H10N6OS/c1-6(2)16-9(17)14-15-10(16)18-8-7(5-11)3-4-12-13-8/h3-4,6H,1-2H3,(H,14,17). The van der Waals surface area contributed by atoms with Crippen LogP contribution in [0.3, 0.4) is 0 Å². The molecule has 0 saturated heterocycles. The molecular formula is C10H10N6OS. The molecule has 0 aliphatic rings. The van der Waals surface area contributed by atoms with Crippen molar-refractivity contribution in [2.45, 2.75) is 30.1 Å². The summed E-state index contributed by atoms with van der Waals surface area (Å²) in [5, 5.41) is 23.7. The van der Waals surface area contributed by atoms with Crippen molar-refractivity contribution in [3.8, 4) is 6.07 Å². The van der Waals surface area contributed by atoms with Crippen LogP contribution in [0.4, 0.5) is 0 Å². The third-order valence-corrected chi connectivity index (χ3v) is 3.15. The molecule has 8 heteroatoms. The number of nitrogens with one attached hydrogen (secondary N) is 1. The van der Waals surface area contributed by atoms with Crippen LogP contribution in [0.15, 0.2) is 27.2 Å². The molecule has 92 valence electrons. The van der Waals surface area contributed by atoms with Crippen molar-refractivity contribution in [2.75, 3.05) is 0 Å². The number of aromatic nitrogens is 5. The Morgan fingerprint density at radius 1 is 1.56 bits per heavy atom. The summed E-state index contributed by atoms with van der Waals surface area (Å²) in [5.41, 5.74) is 0.121. The molecule has 18 heavy (non-hydrogen) atoms. The maximum absolute atomic E-state index is 11.6. The SMILES string of the molecule is CC(C)n1c(Sc2nnccc2C#N)n[nH]c1=O. The van der Waals surface area contributed by atoms with Crippen LogP contribution in [0.25, 0.3) is 0 Å². The van der Waals surface area contributed by atoms with Gasteiger partial charge in [-0.05, 0) is 31.7 Å². The van der Waals surface area contributed by atoms with Gasteiger partial charge in [-0.1, -0.05) is 0 Å². The van der Waals surface area contributed by atoms with Gasteiger partial charge in [0.25, 0.3) is 0 Å². The van der Waals surface area contributed by atoms with Crippen LogP contribution in [0.5, 0.6) is 0 Å². The summed E-state index contributed by atoms with van der Waals surface area (Å²) < 4.78 is 1.50. The minimum Gasteiger partial charge on any atom is -0.267 e. The summed E-state index contributed by atoms with van der Waals surface area (Å²) in [4.78, 5) is 11.6. The monoisotopic (exact) mass is 262 g/mol. The number of rotatable bonds is 3. The van der Waals surface area contributed by atoms with Crippen LogP contribution < -0.4 is 5.69 Å². The second-order valence-electron chi connectivity index (χ2n) is 3.74. The van der Waals surface area contributed by atoms with Gasteiger partial charge in [0.2, 0.25) is 0 Å². The first kappa shape index (κ1) is 12.3. The number of hydrogen-bond donors (Lipinski definition) is 1. The van der Waals surface area contributed by atoms with E-state index in [0.29, 0.717) is 15.7 Å². The smallest absolute Gasteiger partial charge is 0.267 e. The Balaban J connectivity index is 2.41. The maximum Gasteiger partial charge on any atom is 0.344 e. The molecule has 0 radical (unpaired) electrons. The van der Waals surface area contributed by atoms with E-state index in [9.17, 15) is 4.79 Å². The minimum absolute atomic E-state index is 0.0269. The van der Waals surface area contributed by atoms with Gasteiger partial charge in [-0.15, -0.1) is 10.2 Å². The van der Waals surface area contributed by atoms with E-state index in [-0.39, 0.29) is 11.7 Å². The summed E-state index contributed by atoms with van der Waals surface area (Å²) in [6, 6.07) is 3.56. The lowest BCUT2D eigenvalue weighted by Gasteiger charge is -2.07. The van der Waals surface area contributed by atoms with Crippen molar-refractivity contribution < 1.29 is 0 Å². The predicted molar refractivity (Wildman–Crippen MR) is 64.1 cm³/mol. The summed E-state index contributed by atoms with van der Waals surface area (Å²) in [6.07, 6.45) is 1.45. The molecule has 1 N–H and O–H groups in total. The van der Waals surface area contributed by atoms with E-state index in [1.807, 2.05) is 19.9 Å². The summed E-state index contributed by atoms with van der Waals surface area (Å²) >= 11 is 1.14. The van der Waals surface area contributed by atoms with Gasteiger partial charge in [-0.3, -0.25) is 4.57 Å². The van der Waals surface area contributed by atoms with Gasteiger partial charge < -0.3 is 0 Å². The Labute approximate surface area is 107 Å². The molecule has 0 aliphatic heterocycles. The first-order valence-electron chi connectivity index (χ1n) is 5.20. The third kappa shape index (κ3) is 2.26. The molecule has 0 amide bonds. The summed E-state index contributed by atoms with van der Waals surface area (Å²) in [7, 11) is 0. The Morgan fingerprint density at radius 3 is 3.00 bits per heavy atom. The van der Waals surface area contributed by atoms with Crippen molar-refractivity contribution in [1.82, 2.24) is 25.0 Å². The van der Waals surface area contributed by atoms with Crippen molar-refractivity contribution in [2.24, 2.45) is 0 Å². The van der Waals surface area contributed by atoms with Crippen molar-refractivity contribution in [3.63, 3.8) is 0 Å². The molecule has 2 rings (SSSR count). The second kappa shape index (κ2) is 5.01. The van der Waals surface area contributed by atoms with E-state index < -0.39 is 0 Å². The van der Waals surface area contributed by atoms with Crippen LogP contribution in [0.1, 0.15) is 25.5 Å². The topological polar surface area (TPSA) is 100 Å². The van der Waals surface area contributed by atoms with Crippen LogP contribution >= 0.6 is 11.8 Å². The Bertz CT molecular complexity index is 653. The van der Waals surface area contributed by atoms with Gasteiger partial charge in [0.1, 0.15) is 11.1 Å². The molecule has 2 aromatic rings. The summed E-state index contributed by atoms with van der Waals surface area (Å²) in [6.45, 7) is 3.76. The molecule has 0 unspecified atom stereocenters. The van der Waals surface area contributed by atoms with Crippen molar-refractivity contribution in [3.05, 3.63) is 28.3 Å². The average molecular weight is 262 g/mol. The van der Waals surface area contributed by atoms with Crippen LogP contribution in [-0.2, 0) is 0 Å². The maximum atomic E-state index is 11.6. The highest BCUT2D eigenvalue weighted by Gasteiger charge is 2.15. The van der Waals surface area contributed by atoms with E-state index in [0.717, 1.165) is 11.8 Å². The lowest BCUT2D eigenvalue weighted by atomic mass is 10.3. The zero-order valence-corrected chi connectivity index (χ0v) is 10.6. The highest BCUT2D eigenvalue weighted by Crippen LogP contribution is 2.26. The Morgan fingerprint density at radius 2 is 2.33 bits per heavy atom. The highest BCUT2D eigenvalue weighted by molar-refractivity contribution is 7.99. The van der Waals surface area contributed by atoms with Gasteiger partial charge in [-0.2, -0.15) is 10.4 Å². The quantitative estimate of drug-likeness (QED) is 0.884. The molecule has 7 nitrogen and oxygen atoms in total. The number of nitriles is 1. The molecule has 0 bridgehead atoms. The molecule has 0 fully saturated rings. The van der Waals surface area contributed by atoms with Crippen LogP contribution in [0.2, 0.25) is 0 Å². The molecule has 0 saturated carbocycles. The lowest BCUT2D eigenvalue weighted by Crippen LogP contribution is -2.19. The number of aromatic amines is 1. The zero-order valence-electron chi connectivity index (χ0n) is 9.78. The first-order chi connectivity index (χ1) is 8.63. The van der Waals surface area contributed by atoms with Gasteiger partial charge in [0.05, 0.1) is 11.8 Å². The molecular weight excluding hydrogens is 252 g/mol. The fourth-order valence-electron chi connectivity index (χ4n) is 1.38. The number of nitrogens with zero attached hydrogens (tertiary/aromatic N) is 5. The van der Waals surface area contributed by atoms with Crippen LogP contribution in [0, 0.1) is 11.3 Å². The van der Waals surface area contributed by atoms with Gasteiger partial charge in [0.15, 0.2) is 5.16 Å². The van der Waals surface area contributed by atoms with Gasteiger partial charge in [-0.25, -0.2) is 9.89 Å². The van der Waals surface area contributed by atoms with E-state index in [4.69, 9.17) is 5.26 Å². The molecule has 0 spiro atoms. The fraction of sp³-hybridized carbons (Fsp3) is 0.300. The number of hydrogen-bond acceptors (Lipinski definition) is 6. The molecule has 0 atom stereocenters. The largest absolute Gasteiger partial charge is 0.344 e. The summed E-state index contributed by atoms with van der Waals surface area (Å²) in [5.74, 6) is 0. The predicted octanol–water partition coefficient (Wildman–Crippen LogP) is 0.965. The van der Waals surface area contributed by atoms with E-state index in [1.54, 1.807) is 6.07 Å². The van der Waals surface area contributed by atoms with Crippen molar-refractivity contribution >= 4 is 11.8 Å². The average Bonchev–Trinajstić information content (AvgIpc) is 2.71. The van der Waals surface area contributed by atoms with Gasteiger partial charge in [0, 0.05) is 6.04 Å². The number of H-pyrrole nitrogens is 1. The second-order valence-corrected chi connectivity index (χ2v) is 4.69. The van der Waals surface area contributed by atoms with E-state index >= 15 is 0 Å². The first-order valence-corrected chi connectivity index (χ1v) is 6.01. The van der Waals surface area contributed by atoms with E-state index in [2.05, 4.69) is 20.4 Å². The molecule has 0 aromatic carbocycles. The normalized spacial score (nSPS) is 10.6.